The lowest BCUT2D eigenvalue weighted by Crippen LogP contribution is -2.52. The fraction of sp³-hybridized carbons (Fsp3) is 0.286. The van der Waals surface area contributed by atoms with E-state index in [9.17, 15) is 27.9 Å². The summed E-state index contributed by atoms with van der Waals surface area (Å²) in [6.07, 6.45) is -6.16. The number of carbonyl (C=O) groups excluding carboxylic acids is 2. The molecule has 0 aliphatic heterocycles. The van der Waals surface area contributed by atoms with E-state index in [4.69, 9.17) is 30.9 Å². The first kappa shape index (κ1) is 37.0. The molecule has 49 heavy (non-hydrogen) atoms. The van der Waals surface area contributed by atoms with Crippen LogP contribution in [0.3, 0.4) is 0 Å². The molecule has 2 amide bonds. The summed E-state index contributed by atoms with van der Waals surface area (Å²) in [6.45, 7) is 1.42. The Bertz CT molecular complexity index is 1760. The molecule has 0 saturated heterocycles. The Labute approximate surface area is 285 Å². The predicted octanol–water partition coefficient (Wildman–Crippen LogP) is 6.12. The van der Waals surface area contributed by atoms with Crippen molar-refractivity contribution < 1.29 is 47.2 Å². The van der Waals surface area contributed by atoms with Gasteiger partial charge in [-0.15, -0.1) is 0 Å². The van der Waals surface area contributed by atoms with E-state index in [1.165, 1.54) is 43.5 Å². The fourth-order valence-electron chi connectivity index (χ4n) is 4.69. The molecule has 1 atom stereocenters. The Morgan fingerprint density at radius 1 is 0.939 bits per heavy atom. The average Bonchev–Trinajstić information content (AvgIpc) is 3.08. The van der Waals surface area contributed by atoms with Crippen LogP contribution >= 0.6 is 11.6 Å². The molecule has 4 rings (SSSR count). The van der Waals surface area contributed by atoms with Crippen LogP contribution < -0.4 is 20.1 Å². The van der Waals surface area contributed by atoms with Crippen LogP contribution in [0.1, 0.15) is 41.0 Å². The third-order valence-corrected chi connectivity index (χ3v) is 7.74. The lowest BCUT2D eigenvalue weighted by Gasteiger charge is -2.33. The van der Waals surface area contributed by atoms with Crippen molar-refractivity contribution >= 4 is 23.6 Å². The molecule has 260 valence electrons. The SMILES string of the molecule is COc1cc(C(=O)NCC(O)(c2cc(C(C)(C)NC(=O)OCc3ccccc3)cc(-c3ccc(Cl)cc3)n2)C(F)(F)F)ccc1OCCO. The number of aliphatic hydroxyl groups is 2. The van der Waals surface area contributed by atoms with E-state index in [-0.39, 0.29) is 48.1 Å². The maximum absolute atomic E-state index is 14.8. The number of methoxy groups -OCH3 is 1. The van der Waals surface area contributed by atoms with Crippen molar-refractivity contribution in [2.24, 2.45) is 0 Å². The molecule has 10 nitrogen and oxygen atoms in total. The van der Waals surface area contributed by atoms with Gasteiger partial charge in [0.05, 0.1) is 37.2 Å². The smallest absolute Gasteiger partial charge is 0.424 e. The van der Waals surface area contributed by atoms with Crippen LogP contribution in [0.15, 0.2) is 84.9 Å². The van der Waals surface area contributed by atoms with E-state index in [1.807, 2.05) is 6.07 Å². The van der Waals surface area contributed by atoms with Crippen LogP contribution in [0.25, 0.3) is 11.3 Å². The molecule has 0 aliphatic carbocycles. The van der Waals surface area contributed by atoms with Gasteiger partial charge in [0.15, 0.2) is 11.5 Å². The average molecular weight is 702 g/mol. The number of nitrogens with one attached hydrogen (secondary N) is 2. The first-order valence-corrected chi connectivity index (χ1v) is 15.3. The predicted molar refractivity (Wildman–Crippen MR) is 175 cm³/mol. The second kappa shape index (κ2) is 15.6. The van der Waals surface area contributed by atoms with Gasteiger partial charge in [-0.05, 0) is 67.4 Å². The second-order valence-electron chi connectivity index (χ2n) is 11.4. The summed E-state index contributed by atoms with van der Waals surface area (Å²) in [7, 11) is 1.31. The summed E-state index contributed by atoms with van der Waals surface area (Å²) in [5, 5.41) is 25.6. The maximum atomic E-state index is 14.8. The summed E-state index contributed by atoms with van der Waals surface area (Å²) in [6, 6.07) is 21.5. The number of nitrogens with zero attached hydrogens (tertiary/aromatic N) is 1. The molecule has 3 aromatic carbocycles. The molecule has 0 aliphatic rings. The van der Waals surface area contributed by atoms with Gasteiger partial charge in [-0.2, -0.15) is 13.2 Å². The lowest BCUT2D eigenvalue weighted by molar-refractivity contribution is -0.265. The Kier molecular flexibility index (Phi) is 11.8. The molecule has 0 spiro atoms. The van der Waals surface area contributed by atoms with Crippen LogP contribution in [0.4, 0.5) is 18.0 Å². The zero-order valence-corrected chi connectivity index (χ0v) is 27.6. The molecule has 0 radical (unpaired) electrons. The number of amides is 2. The minimum absolute atomic E-state index is 0.0360. The molecule has 1 aromatic heterocycles. The highest BCUT2D eigenvalue weighted by Crippen LogP contribution is 2.40. The Balaban J connectivity index is 1.68. The number of alkyl halides is 3. The number of alkyl carbamates (subject to hydrolysis) is 1. The van der Waals surface area contributed by atoms with Crippen LogP contribution in [0, 0.1) is 0 Å². The number of benzene rings is 3. The third kappa shape index (κ3) is 9.19. The van der Waals surface area contributed by atoms with Crippen molar-refractivity contribution in [2.75, 3.05) is 26.9 Å². The van der Waals surface area contributed by atoms with Gasteiger partial charge in [-0.3, -0.25) is 4.79 Å². The minimum Gasteiger partial charge on any atom is -0.493 e. The van der Waals surface area contributed by atoms with E-state index in [0.717, 1.165) is 11.6 Å². The van der Waals surface area contributed by atoms with Crippen molar-refractivity contribution in [1.82, 2.24) is 15.6 Å². The van der Waals surface area contributed by atoms with Crippen LogP contribution in [-0.4, -0.2) is 60.2 Å². The topological polar surface area (TPSA) is 139 Å². The number of hydrogen-bond donors (Lipinski definition) is 4. The highest BCUT2D eigenvalue weighted by atomic mass is 35.5. The Hall–Kier alpha value is -4.85. The number of rotatable bonds is 13. The molecule has 0 bridgehead atoms. The number of aliphatic hydroxyl groups excluding tert-OH is 1. The van der Waals surface area contributed by atoms with Crippen LogP contribution in [0.5, 0.6) is 11.5 Å². The minimum atomic E-state index is -5.32. The summed E-state index contributed by atoms with van der Waals surface area (Å²) < 4.78 is 60.3. The molecular formula is C35H35ClF3N3O7. The largest absolute Gasteiger partial charge is 0.493 e. The molecule has 14 heteroatoms. The monoisotopic (exact) mass is 701 g/mol. The fourth-order valence-corrected chi connectivity index (χ4v) is 4.81. The van der Waals surface area contributed by atoms with E-state index >= 15 is 0 Å². The highest BCUT2D eigenvalue weighted by molar-refractivity contribution is 6.30. The van der Waals surface area contributed by atoms with Crippen molar-refractivity contribution in [2.45, 2.75) is 37.8 Å². The van der Waals surface area contributed by atoms with E-state index < -0.39 is 41.6 Å². The number of carbonyl (C=O) groups is 2. The third-order valence-electron chi connectivity index (χ3n) is 7.49. The van der Waals surface area contributed by atoms with Gasteiger partial charge >= 0.3 is 12.3 Å². The van der Waals surface area contributed by atoms with Gasteiger partial charge in [-0.25, -0.2) is 9.78 Å². The van der Waals surface area contributed by atoms with Gasteiger partial charge in [-0.1, -0.05) is 54.1 Å². The van der Waals surface area contributed by atoms with Crippen molar-refractivity contribution in [3.05, 3.63) is 112 Å². The normalized spacial score (nSPS) is 12.8. The molecule has 4 aromatic rings. The number of ether oxygens (including phenoxy) is 3. The van der Waals surface area contributed by atoms with E-state index in [1.54, 1.807) is 50.2 Å². The first-order chi connectivity index (χ1) is 23.2. The number of aromatic nitrogens is 1. The summed E-state index contributed by atoms with van der Waals surface area (Å²) >= 11 is 6.03. The Morgan fingerprint density at radius 2 is 1.63 bits per heavy atom. The first-order valence-electron chi connectivity index (χ1n) is 14.9. The zero-order chi connectivity index (χ0) is 35.8. The van der Waals surface area contributed by atoms with Gasteiger partial charge in [0.2, 0.25) is 5.60 Å². The Morgan fingerprint density at radius 3 is 2.27 bits per heavy atom. The number of halogens is 4. The van der Waals surface area contributed by atoms with E-state index in [0.29, 0.717) is 10.6 Å². The summed E-state index contributed by atoms with van der Waals surface area (Å²) in [5.41, 5.74) is -4.64. The van der Waals surface area contributed by atoms with Crippen LogP contribution in [0.2, 0.25) is 5.02 Å². The van der Waals surface area contributed by atoms with Crippen molar-refractivity contribution in [3.63, 3.8) is 0 Å². The van der Waals surface area contributed by atoms with Crippen molar-refractivity contribution in [3.8, 4) is 22.8 Å². The van der Waals surface area contributed by atoms with Gasteiger partial charge < -0.3 is 35.1 Å². The molecular weight excluding hydrogens is 667 g/mol. The summed E-state index contributed by atoms with van der Waals surface area (Å²) in [4.78, 5) is 30.0. The number of hydrogen-bond acceptors (Lipinski definition) is 8. The highest BCUT2D eigenvalue weighted by Gasteiger charge is 2.56. The lowest BCUT2D eigenvalue weighted by atomic mass is 9.88. The second-order valence-corrected chi connectivity index (χ2v) is 11.9. The van der Waals surface area contributed by atoms with Gasteiger partial charge in [0.25, 0.3) is 5.91 Å². The summed E-state index contributed by atoms with van der Waals surface area (Å²) in [5.74, 6) is -0.645. The zero-order valence-electron chi connectivity index (χ0n) is 26.8. The van der Waals surface area contributed by atoms with Crippen molar-refractivity contribution in [1.29, 1.82) is 0 Å². The molecule has 4 N–H and O–H groups in total. The molecule has 1 heterocycles. The van der Waals surface area contributed by atoms with E-state index in [2.05, 4.69) is 15.6 Å². The van der Waals surface area contributed by atoms with Crippen LogP contribution in [-0.2, 0) is 22.5 Å². The quantitative estimate of drug-likeness (QED) is 0.131. The molecule has 0 fully saturated rings. The standard InChI is InChI=1S/C35H35ClF3N3O7/c1-33(2,42-32(45)49-20-22-7-5-4-6-8-22)25-18-27(23-9-12-26(36)13-10-23)41-30(19-25)34(46,35(37,38)39)21-40-31(44)24-11-14-28(48-16-15-43)29(17-24)47-3/h4-14,17-19,43,46H,15-16,20-21H2,1-3H3,(H,40,44)(H,42,45). The maximum Gasteiger partial charge on any atom is 0.424 e. The van der Waals surface area contributed by atoms with Gasteiger partial charge in [0.1, 0.15) is 13.2 Å². The van der Waals surface area contributed by atoms with Gasteiger partial charge in [0, 0.05) is 16.1 Å². The molecule has 0 saturated carbocycles. The molecule has 1 unspecified atom stereocenters. The number of pyridine rings is 1.